The Kier molecular flexibility index (Phi) is 3.99. The van der Waals surface area contributed by atoms with Gasteiger partial charge < -0.3 is 4.74 Å². The Hall–Kier alpha value is -1.50. The van der Waals surface area contributed by atoms with Gasteiger partial charge in [0.05, 0.1) is 6.26 Å². The Morgan fingerprint density at radius 2 is 2.00 bits per heavy atom. The summed E-state index contributed by atoms with van der Waals surface area (Å²) in [5.74, 6) is 0. The lowest BCUT2D eigenvalue weighted by Gasteiger charge is -2.02. The molecule has 0 aliphatic rings. The minimum Gasteiger partial charge on any atom is -0.497 e. The van der Waals surface area contributed by atoms with Crippen LogP contribution in [0.2, 0.25) is 0 Å². The highest BCUT2D eigenvalue weighted by Crippen LogP contribution is 2.14. The molecule has 0 amide bonds. The molecule has 0 N–H and O–H groups in total. The van der Waals surface area contributed by atoms with Gasteiger partial charge in [0.1, 0.15) is 6.61 Å². The minimum atomic E-state index is 0.559. The number of rotatable bonds is 4. The zero-order valence-corrected chi connectivity index (χ0v) is 8.79. The minimum absolute atomic E-state index is 0.559. The fraction of sp³-hybridized carbons (Fsp3) is 0.231. The van der Waals surface area contributed by atoms with E-state index >= 15 is 0 Å². The molecule has 0 heterocycles. The summed E-state index contributed by atoms with van der Waals surface area (Å²) in [6.07, 6.45) is 3.51. The summed E-state index contributed by atoms with van der Waals surface area (Å²) < 4.78 is 5.25. The van der Waals surface area contributed by atoms with Crippen molar-refractivity contribution in [1.82, 2.24) is 0 Å². The Morgan fingerprint density at radius 3 is 2.57 bits per heavy atom. The quantitative estimate of drug-likeness (QED) is 0.399. The summed E-state index contributed by atoms with van der Waals surface area (Å²) >= 11 is 0. The van der Waals surface area contributed by atoms with Crippen LogP contribution in [0.15, 0.2) is 43.2 Å². The first kappa shape index (κ1) is 10.6. The van der Waals surface area contributed by atoms with Crippen LogP contribution in [0.5, 0.6) is 0 Å². The monoisotopic (exact) mass is 188 g/mol. The second-order valence-electron chi connectivity index (χ2n) is 3.29. The molecule has 0 unspecified atom stereocenters. The summed E-state index contributed by atoms with van der Waals surface area (Å²) in [6, 6.07) is 8.39. The van der Waals surface area contributed by atoms with Gasteiger partial charge in [0.25, 0.3) is 0 Å². The van der Waals surface area contributed by atoms with E-state index in [1.54, 1.807) is 12.3 Å². The van der Waals surface area contributed by atoms with E-state index in [9.17, 15) is 0 Å². The van der Waals surface area contributed by atoms with Crippen molar-refractivity contribution in [2.45, 2.75) is 13.8 Å². The number of hydrogen-bond donors (Lipinski definition) is 0. The van der Waals surface area contributed by atoms with Crippen LogP contribution >= 0.6 is 0 Å². The van der Waals surface area contributed by atoms with Crippen LogP contribution < -0.4 is 0 Å². The van der Waals surface area contributed by atoms with Gasteiger partial charge in [-0.15, -0.1) is 0 Å². The third kappa shape index (κ3) is 3.09. The molecule has 0 aromatic heterocycles. The van der Waals surface area contributed by atoms with Gasteiger partial charge in [-0.2, -0.15) is 0 Å². The number of hydrogen-bond acceptors (Lipinski definition) is 1. The highest BCUT2D eigenvalue weighted by molar-refractivity contribution is 5.62. The lowest BCUT2D eigenvalue weighted by molar-refractivity contribution is 0.291. The summed E-state index contributed by atoms with van der Waals surface area (Å²) in [5, 5.41) is 0. The van der Waals surface area contributed by atoms with Crippen molar-refractivity contribution >= 4 is 5.57 Å². The maximum absolute atomic E-state index is 5.25. The van der Waals surface area contributed by atoms with E-state index in [4.69, 9.17) is 4.74 Å². The summed E-state index contributed by atoms with van der Waals surface area (Å²) in [7, 11) is 0. The normalized spacial score (nSPS) is 11.1. The van der Waals surface area contributed by atoms with Crippen molar-refractivity contribution in [1.29, 1.82) is 0 Å². The number of aryl methyl sites for hydroxylation is 1. The van der Waals surface area contributed by atoms with Gasteiger partial charge in [-0.1, -0.05) is 42.5 Å². The number of allylic oxidation sites excluding steroid dienone is 1. The molecule has 0 bridgehead atoms. The zero-order chi connectivity index (χ0) is 10.4. The van der Waals surface area contributed by atoms with E-state index in [1.165, 1.54) is 11.1 Å². The maximum atomic E-state index is 5.25. The standard InChI is InChI=1S/C13H16O/c1-4-9-14-10-12(3)13-7-5-11(2)6-8-13/h4-8,10H,1,9H2,2-3H3/b12-10+. The van der Waals surface area contributed by atoms with E-state index in [0.29, 0.717) is 6.61 Å². The molecule has 0 saturated heterocycles. The Labute approximate surface area is 85.7 Å². The van der Waals surface area contributed by atoms with Crippen LogP contribution in [0.4, 0.5) is 0 Å². The predicted octanol–water partition coefficient (Wildman–Crippen LogP) is 3.56. The predicted molar refractivity (Wildman–Crippen MR) is 61.0 cm³/mol. The van der Waals surface area contributed by atoms with Crippen LogP contribution in [0.1, 0.15) is 18.1 Å². The topological polar surface area (TPSA) is 9.23 Å². The second kappa shape index (κ2) is 5.28. The van der Waals surface area contributed by atoms with E-state index in [-0.39, 0.29) is 0 Å². The van der Waals surface area contributed by atoms with Gasteiger partial charge in [-0.25, -0.2) is 0 Å². The van der Waals surface area contributed by atoms with Crippen LogP contribution in [0.25, 0.3) is 5.57 Å². The van der Waals surface area contributed by atoms with Crippen molar-refractivity contribution in [2.75, 3.05) is 6.61 Å². The van der Waals surface area contributed by atoms with Gasteiger partial charge >= 0.3 is 0 Å². The first-order valence-corrected chi connectivity index (χ1v) is 4.70. The second-order valence-corrected chi connectivity index (χ2v) is 3.29. The van der Waals surface area contributed by atoms with Crippen LogP contribution in [0.3, 0.4) is 0 Å². The average Bonchev–Trinajstić information content (AvgIpc) is 2.19. The van der Waals surface area contributed by atoms with Gasteiger partial charge in [0.15, 0.2) is 0 Å². The summed E-state index contributed by atoms with van der Waals surface area (Å²) in [6.45, 7) is 8.26. The van der Waals surface area contributed by atoms with Crippen molar-refractivity contribution in [3.05, 3.63) is 54.3 Å². The third-order valence-electron chi connectivity index (χ3n) is 1.98. The van der Waals surface area contributed by atoms with Gasteiger partial charge in [0.2, 0.25) is 0 Å². The van der Waals surface area contributed by atoms with Crippen LogP contribution in [0, 0.1) is 6.92 Å². The molecule has 0 saturated carbocycles. The Bertz CT molecular complexity index is 320. The molecule has 74 valence electrons. The highest BCUT2D eigenvalue weighted by Gasteiger charge is 1.94. The van der Waals surface area contributed by atoms with Crippen LogP contribution in [-0.4, -0.2) is 6.61 Å². The molecule has 0 aliphatic carbocycles. The highest BCUT2D eigenvalue weighted by atomic mass is 16.5. The molecule has 1 rings (SSSR count). The Morgan fingerprint density at radius 1 is 1.36 bits per heavy atom. The van der Waals surface area contributed by atoms with Crippen molar-refractivity contribution in [3.8, 4) is 0 Å². The largest absolute Gasteiger partial charge is 0.497 e. The van der Waals surface area contributed by atoms with Crippen molar-refractivity contribution < 1.29 is 4.74 Å². The molecule has 0 aliphatic heterocycles. The fourth-order valence-corrected chi connectivity index (χ4v) is 1.13. The van der Waals surface area contributed by atoms with Gasteiger partial charge in [-0.05, 0) is 25.0 Å². The molecule has 0 fully saturated rings. The Balaban J connectivity index is 2.68. The van der Waals surface area contributed by atoms with Gasteiger partial charge in [-0.3, -0.25) is 0 Å². The first-order valence-electron chi connectivity index (χ1n) is 4.70. The SMILES string of the molecule is C=CCO/C=C(\C)c1ccc(C)cc1. The molecule has 1 nitrogen and oxygen atoms in total. The molecule has 14 heavy (non-hydrogen) atoms. The van der Waals surface area contributed by atoms with Gasteiger partial charge in [0, 0.05) is 0 Å². The van der Waals surface area contributed by atoms with E-state index < -0.39 is 0 Å². The molecular weight excluding hydrogens is 172 g/mol. The van der Waals surface area contributed by atoms with E-state index in [2.05, 4.69) is 37.8 Å². The number of ether oxygens (including phenoxy) is 1. The van der Waals surface area contributed by atoms with Crippen molar-refractivity contribution in [2.24, 2.45) is 0 Å². The van der Waals surface area contributed by atoms with E-state index in [1.807, 2.05) is 6.92 Å². The summed E-state index contributed by atoms with van der Waals surface area (Å²) in [4.78, 5) is 0. The zero-order valence-electron chi connectivity index (χ0n) is 8.79. The average molecular weight is 188 g/mol. The van der Waals surface area contributed by atoms with Crippen molar-refractivity contribution in [3.63, 3.8) is 0 Å². The third-order valence-corrected chi connectivity index (χ3v) is 1.98. The molecule has 0 radical (unpaired) electrons. The number of benzene rings is 1. The molecule has 1 heteroatoms. The lowest BCUT2D eigenvalue weighted by atomic mass is 10.1. The lowest BCUT2D eigenvalue weighted by Crippen LogP contribution is -1.84. The molecular formula is C13H16O. The van der Waals surface area contributed by atoms with E-state index in [0.717, 1.165) is 5.57 Å². The summed E-state index contributed by atoms with van der Waals surface area (Å²) in [5.41, 5.74) is 3.60. The fourth-order valence-electron chi connectivity index (χ4n) is 1.13. The molecule has 1 aromatic rings. The molecule has 0 atom stereocenters. The molecule has 1 aromatic carbocycles. The first-order chi connectivity index (χ1) is 6.74. The van der Waals surface area contributed by atoms with Crippen LogP contribution in [-0.2, 0) is 4.74 Å². The smallest absolute Gasteiger partial charge is 0.105 e. The maximum Gasteiger partial charge on any atom is 0.105 e. The molecule has 0 spiro atoms.